The second-order valence-electron chi connectivity index (χ2n) is 7.29. The Kier molecular flexibility index (Phi) is 9.22. The van der Waals surface area contributed by atoms with Gasteiger partial charge >= 0.3 is 0 Å². The summed E-state index contributed by atoms with van der Waals surface area (Å²) >= 11 is 0. The van der Waals surface area contributed by atoms with Crippen molar-refractivity contribution < 1.29 is 19.0 Å². The van der Waals surface area contributed by atoms with Crippen LogP contribution < -0.4 is 0 Å². The normalized spacial score (nSPS) is 20.6. The number of ether oxygens (including phenoxy) is 3. The molecule has 2 heterocycles. The van der Waals surface area contributed by atoms with Gasteiger partial charge in [-0.2, -0.15) is 0 Å². The summed E-state index contributed by atoms with van der Waals surface area (Å²) in [5.41, 5.74) is 0.832. The molecule has 1 aliphatic heterocycles. The van der Waals surface area contributed by atoms with Crippen molar-refractivity contribution in [2.45, 2.75) is 77.7 Å². The van der Waals surface area contributed by atoms with Crippen LogP contribution in [0.5, 0.6) is 0 Å². The molecule has 1 aromatic heterocycles. The maximum absolute atomic E-state index is 11.6. The van der Waals surface area contributed by atoms with Crippen molar-refractivity contribution in [1.82, 2.24) is 15.0 Å². The molecule has 0 aliphatic carbocycles. The molecule has 2 atom stereocenters. The standard InChI is InChI=1S/C19H33N3O4/c1-15(2)19(23)7-5-4-6-9-22-12-16(20-21-22)13-25-14-18-11-17(24-3)8-10-26-18/h12,15,17-18H,4-11,13-14H2,1-3H3/t17-,18+/m0/s1. The molecular formula is C19H33N3O4. The van der Waals surface area contributed by atoms with Gasteiger partial charge in [-0.15, -0.1) is 5.10 Å². The molecular weight excluding hydrogens is 334 g/mol. The predicted octanol–water partition coefficient (Wildman–Crippen LogP) is 2.77. The maximum atomic E-state index is 11.6. The van der Waals surface area contributed by atoms with Gasteiger partial charge in [0.2, 0.25) is 0 Å². The Morgan fingerprint density at radius 1 is 1.38 bits per heavy atom. The van der Waals surface area contributed by atoms with E-state index in [0.717, 1.165) is 50.9 Å². The fourth-order valence-electron chi connectivity index (χ4n) is 3.02. The molecule has 26 heavy (non-hydrogen) atoms. The molecule has 1 aromatic rings. The largest absolute Gasteiger partial charge is 0.381 e. The topological polar surface area (TPSA) is 75.5 Å². The fraction of sp³-hybridized carbons (Fsp3) is 0.842. The lowest BCUT2D eigenvalue weighted by molar-refractivity contribution is -0.122. The highest BCUT2D eigenvalue weighted by Gasteiger charge is 2.22. The fourth-order valence-corrected chi connectivity index (χ4v) is 3.02. The molecule has 0 aromatic carbocycles. The summed E-state index contributed by atoms with van der Waals surface area (Å²) in [6.07, 6.45) is 7.79. The van der Waals surface area contributed by atoms with Gasteiger partial charge in [-0.05, 0) is 19.3 Å². The molecule has 0 radical (unpaired) electrons. The van der Waals surface area contributed by atoms with E-state index in [4.69, 9.17) is 14.2 Å². The lowest BCUT2D eigenvalue weighted by Gasteiger charge is -2.28. The smallest absolute Gasteiger partial charge is 0.135 e. The van der Waals surface area contributed by atoms with Crippen LogP contribution >= 0.6 is 0 Å². The number of Topliss-reactive ketones (excluding diaryl/α,β-unsaturated/α-hetero) is 1. The van der Waals surface area contributed by atoms with Gasteiger partial charge in [0, 0.05) is 39.0 Å². The third kappa shape index (κ3) is 7.51. The number of hydrogen-bond donors (Lipinski definition) is 0. The number of aromatic nitrogens is 3. The van der Waals surface area contributed by atoms with E-state index < -0.39 is 0 Å². The van der Waals surface area contributed by atoms with Crippen molar-refractivity contribution in [3.63, 3.8) is 0 Å². The summed E-state index contributed by atoms with van der Waals surface area (Å²) in [6.45, 7) is 6.46. The van der Waals surface area contributed by atoms with Crippen molar-refractivity contribution in [3.05, 3.63) is 11.9 Å². The highest BCUT2D eigenvalue weighted by Crippen LogP contribution is 2.16. The number of rotatable bonds is 12. The summed E-state index contributed by atoms with van der Waals surface area (Å²) in [7, 11) is 1.74. The highest BCUT2D eigenvalue weighted by atomic mass is 16.5. The number of hydrogen-bond acceptors (Lipinski definition) is 6. The Labute approximate surface area is 156 Å². The van der Waals surface area contributed by atoms with Gasteiger partial charge in [0.25, 0.3) is 0 Å². The molecule has 0 spiro atoms. The zero-order chi connectivity index (χ0) is 18.8. The SMILES string of the molecule is CO[C@H]1CCO[C@@H](COCc2cn(CCCCCC(=O)C(C)C)nn2)C1. The van der Waals surface area contributed by atoms with E-state index >= 15 is 0 Å². The monoisotopic (exact) mass is 367 g/mol. The Balaban J connectivity index is 1.57. The minimum absolute atomic E-state index is 0.0947. The van der Waals surface area contributed by atoms with Gasteiger partial charge in [0.1, 0.15) is 11.5 Å². The summed E-state index contributed by atoms with van der Waals surface area (Å²) < 4.78 is 18.7. The van der Waals surface area contributed by atoms with E-state index in [1.54, 1.807) is 7.11 Å². The number of carbonyl (C=O) groups excluding carboxylic acids is 1. The van der Waals surface area contributed by atoms with Gasteiger partial charge in [-0.1, -0.05) is 25.5 Å². The predicted molar refractivity (Wildman–Crippen MR) is 97.8 cm³/mol. The lowest BCUT2D eigenvalue weighted by atomic mass is 10.0. The quantitative estimate of drug-likeness (QED) is 0.529. The number of methoxy groups -OCH3 is 1. The average Bonchev–Trinajstić information content (AvgIpc) is 3.09. The van der Waals surface area contributed by atoms with Gasteiger partial charge in [0.15, 0.2) is 0 Å². The third-order valence-electron chi connectivity index (χ3n) is 4.75. The van der Waals surface area contributed by atoms with Crippen LogP contribution in [0, 0.1) is 5.92 Å². The molecule has 7 nitrogen and oxygen atoms in total. The maximum Gasteiger partial charge on any atom is 0.135 e. The molecule has 0 saturated carbocycles. The summed E-state index contributed by atoms with van der Waals surface area (Å²) in [5, 5.41) is 8.29. The van der Waals surface area contributed by atoms with Crippen molar-refractivity contribution >= 4 is 5.78 Å². The number of unbranched alkanes of at least 4 members (excludes halogenated alkanes) is 2. The lowest BCUT2D eigenvalue weighted by Crippen LogP contribution is -2.33. The average molecular weight is 367 g/mol. The second kappa shape index (κ2) is 11.4. The third-order valence-corrected chi connectivity index (χ3v) is 4.75. The van der Waals surface area contributed by atoms with E-state index in [-0.39, 0.29) is 18.1 Å². The van der Waals surface area contributed by atoms with Crippen molar-refractivity contribution in [2.24, 2.45) is 5.92 Å². The molecule has 7 heteroatoms. The van der Waals surface area contributed by atoms with Crippen LogP contribution in [0.15, 0.2) is 6.20 Å². The van der Waals surface area contributed by atoms with Gasteiger partial charge in [0.05, 0.1) is 31.6 Å². The highest BCUT2D eigenvalue weighted by molar-refractivity contribution is 5.80. The summed E-state index contributed by atoms with van der Waals surface area (Å²) in [5.74, 6) is 0.497. The van der Waals surface area contributed by atoms with Gasteiger partial charge in [-0.25, -0.2) is 0 Å². The van der Waals surface area contributed by atoms with Gasteiger partial charge in [-0.3, -0.25) is 9.48 Å². The van der Waals surface area contributed by atoms with Crippen molar-refractivity contribution in [2.75, 3.05) is 20.3 Å². The zero-order valence-corrected chi connectivity index (χ0v) is 16.4. The van der Waals surface area contributed by atoms with Crippen LogP contribution in [0.1, 0.15) is 58.1 Å². The van der Waals surface area contributed by atoms with Crippen molar-refractivity contribution in [3.8, 4) is 0 Å². The van der Waals surface area contributed by atoms with Crippen molar-refractivity contribution in [1.29, 1.82) is 0 Å². The molecule has 0 unspecified atom stereocenters. The Morgan fingerprint density at radius 3 is 3.00 bits per heavy atom. The summed E-state index contributed by atoms with van der Waals surface area (Å²) in [4.78, 5) is 11.6. The number of nitrogens with zero attached hydrogens (tertiary/aromatic N) is 3. The van der Waals surface area contributed by atoms with Crippen LogP contribution in [-0.2, 0) is 32.2 Å². The molecule has 0 amide bonds. The number of ketones is 1. The molecule has 148 valence electrons. The molecule has 2 rings (SSSR count). The first-order valence-electron chi connectivity index (χ1n) is 9.72. The first-order chi connectivity index (χ1) is 12.6. The second-order valence-corrected chi connectivity index (χ2v) is 7.29. The Hall–Kier alpha value is -1.31. The first-order valence-corrected chi connectivity index (χ1v) is 9.72. The molecule has 1 fully saturated rings. The minimum atomic E-state index is 0.0947. The Morgan fingerprint density at radius 2 is 2.23 bits per heavy atom. The van der Waals surface area contributed by atoms with E-state index in [1.807, 2.05) is 24.7 Å². The zero-order valence-electron chi connectivity index (χ0n) is 16.4. The Bertz CT molecular complexity index is 533. The van der Waals surface area contributed by atoms with E-state index in [1.165, 1.54) is 0 Å². The first kappa shape index (κ1) is 21.0. The van der Waals surface area contributed by atoms with Crippen LogP contribution in [0.3, 0.4) is 0 Å². The molecule has 1 saturated heterocycles. The van der Waals surface area contributed by atoms with E-state index in [2.05, 4.69) is 10.3 Å². The number of carbonyl (C=O) groups is 1. The van der Waals surface area contributed by atoms with E-state index in [0.29, 0.717) is 25.4 Å². The molecule has 0 N–H and O–H groups in total. The van der Waals surface area contributed by atoms with Crippen LogP contribution in [-0.4, -0.2) is 53.3 Å². The number of aryl methyl sites for hydroxylation is 1. The van der Waals surface area contributed by atoms with Gasteiger partial charge < -0.3 is 14.2 Å². The van der Waals surface area contributed by atoms with Crippen LogP contribution in [0.25, 0.3) is 0 Å². The van der Waals surface area contributed by atoms with Crippen LogP contribution in [0.2, 0.25) is 0 Å². The summed E-state index contributed by atoms with van der Waals surface area (Å²) in [6, 6.07) is 0. The van der Waals surface area contributed by atoms with E-state index in [9.17, 15) is 4.79 Å². The van der Waals surface area contributed by atoms with Crippen LogP contribution in [0.4, 0.5) is 0 Å². The molecule has 0 bridgehead atoms. The molecule has 1 aliphatic rings. The minimum Gasteiger partial charge on any atom is -0.381 e.